The van der Waals surface area contributed by atoms with Gasteiger partial charge in [-0.3, -0.25) is 0 Å². The van der Waals surface area contributed by atoms with Crippen molar-refractivity contribution in [2.45, 2.75) is 44.4 Å². The topological polar surface area (TPSA) is 71.3 Å². The molecule has 1 rings (SSSR count). The summed E-state index contributed by atoms with van der Waals surface area (Å²) >= 11 is 0. The highest BCUT2D eigenvalue weighted by atomic mass is 32.2. The SMILES string of the molecule is CCCC(C)NS(=O)(=O)c1ccc(CNC)o1. The van der Waals surface area contributed by atoms with Gasteiger partial charge >= 0.3 is 0 Å². The minimum absolute atomic E-state index is 0.0225. The van der Waals surface area contributed by atoms with Crippen molar-refractivity contribution in [1.82, 2.24) is 10.0 Å². The van der Waals surface area contributed by atoms with E-state index in [2.05, 4.69) is 10.0 Å². The first-order valence-electron chi connectivity index (χ1n) is 5.75. The highest BCUT2D eigenvalue weighted by Crippen LogP contribution is 2.14. The summed E-state index contributed by atoms with van der Waals surface area (Å²) in [6.07, 6.45) is 1.75. The van der Waals surface area contributed by atoms with Gasteiger partial charge in [0.2, 0.25) is 5.09 Å². The van der Waals surface area contributed by atoms with Crippen LogP contribution in [0.2, 0.25) is 0 Å². The van der Waals surface area contributed by atoms with Gasteiger partial charge in [0.1, 0.15) is 5.76 Å². The number of sulfonamides is 1. The Morgan fingerprint density at radius 1 is 1.41 bits per heavy atom. The third-order valence-corrected chi connectivity index (χ3v) is 3.79. The van der Waals surface area contributed by atoms with Crippen molar-refractivity contribution in [3.63, 3.8) is 0 Å². The lowest BCUT2D eigenvalue weighted by Crippen LogP contribution is -2.32. The molecular weight excluding hydrogens is 240 g/mol. The fraction of sp³-hybridized carbons (Fsp3) is 0.636. The van der Waals surface area contributed by atoms with Crippen LogP contribution in [0.1, 0.15) is 32.4 Å². The van der Waals surface area contributed by atoms with Crippen LogP contribution in [0, 0.1) is 0 Å². The van der Waals surface area contributed by atoms with Crippen LogP contribution in [0.4, 0.5) is 0 Å². The van der Waals surface area contributed by atoms with E-state index in [0.29, 0.717) is 12.3 Å². The predicted molar refractivity (Wildman–Crippen MR) is 66.2 cm³/mol. The van der Waals surface area contributed by atoms with Crippen molar-refractivity contribution in [3.05, 3.63) is 17.9 Å². The minimum Gasteiger partial charge on any atom is -0.447 e. The van der Waals surface area contributed by atoms with Gasteiger partial charge in [0, 0.05) is 6.04 Å². The molecule has 1 aromatic rings. The van der Waals surface area contributed by atoms with E-state index in [0.717, 1.165) is 12.8 Å². The average Bonchev–Trinajstić information content (AvgIpc) is 2.67. The van der Waals surface area contributed by atoms with Crippen LogP contribution >= 0.6 is 0 Å². The molecule has 0 spiro atoms. The van der Waals surface area contributed by atoms with Gasteiger partial charge in [-0.2, -0.15) is 0 Å². The molecule has 2 N–H and O–H groups in total. The smallest absolute Gasteiger partial charge is 0.274 e. The van der Waals surface area contributed by atoms with Gasteiger partial charge in [0.25, 0.3) is 10.0 Å². The second-order valence-electron chi connectivity index (χ2n) is 4.06. The van der Waals surface area contributed by atoms with Gasteiger partial charge in [-0.15, -0.1) is 0 Å². The van der Waals surface area contributed by atoms with E-state index in [4.69, 9.17) is 4.42 Å². The standard InChI is InChI=1S/C11H20N2O3S/c1-4-5-9(2)13-17(14,15)11-7-6-10(16-11)8-12-3/h6-7,9,12-13H,4-5,8H2,1-3H3. The molecule has 98 valence electrons. The first-order valence-corrected chi connectivity index (χ1v) is 7.23. The van der Waals surface area contributed by atoms with Crippen molar-refractivity contribution < 1.29 is 12.8 Å². The molecule has 0 bridgehead atoms. The van der Waals surface area contributed by atoms with Crippen molar-refractivity contribution in [3.8, 4) is 0 Å². The molecule has 1 atom stereocenters. The Bertz CT molecular complexity index is 439. The summed E-state index contributed by atoms with van der Waals surface area (Å²) < 4.78 is 31.7. The molecule has 1 aromatic heterocycles. The molecule has 0 aliphatic carbocycles. The maximum atomic E-state index is 11.9. The number of hydrogen-bond acceptors (Lipinski definition) is 4. The molecule has 0 radical (unpaired) electrons. The number of furan rings is 1. The van der Waals surface area contributed by atoms with E-state index in [-0.39, 0.29) is 11.1 Å². The summed E-state index contributed by atoms with van der Waals surface area (Å²) in [6, 6.07) is 3.06. The van der Waals surface area contributed by atoms with Gasteiger partial charge in [-0.05, 0) is 32.5 Å². The number of nitrogens with one attached hydrogen (secondary N) is 2. The monoisotopic (exact) mass is 260 g/mol. The Balaban J connectivity index is 2.75. The summed E-state index contributed by atoms with van der Waals surface area (Å²) in [5.41, 5.74) is 0. The Hall–Kier alpha value is -0.850. The number of hydrogen-bond donors (Lipinski definition) is 2. The third kappa shape index (κ3) is 4.14. The van der Waals surface area contributed by atoms with Gasteiger partial charge in [0.15, 0.2) is 0 Å². The van der Waals surface area contributed by atoms with Crippen LogP contribution in [0.25, 0.3) is 0 Å². The molecule has 17 heavy (non-hydrogen) atoms. The van der Waals surface area contributed by atoms with E-state index in [1.807, 2.05) is 13.8 Å². The molecule has 1 heterocycles. The summed E-state index contributed by atoms with van der Waals surface area (Å²) in [7, 11) is -1.75. The molecule has 0 aliphatic heterocycles. The van der Waals surface area contributed by atoms with Gasteiger partial charge in [-0.25, -0.2) is 13.1 Å². The second-order valence-corrected chi connectivity index (χ2v) is 5.71. The van der Waals surface area contributed by atoms with E-state index in [9.17, 15) is 8.42 Å². The molecular formula is C11H20N2O3S. The summed E-state index contributed by atoms with van der Waals surface area (Å²) in [5, 5.41) is 2.88. The Morgan fingerprint density at radius 2 is 2.12 bits per heavy atom. The highest BCUT2D eigenvalue weighted by Gasteiger charge is 2.20. The Morgan fingerprint density at radius 3 is 2.71 bits per heavy atom. The minimum atomic E-state index is -3.52. The Kier molecular flexibility index (Phi) is 5.17. The zero-order chi connectivity index (χ0) is 12.9. The molecule has 0 saturated heterocycles. The second kappa shape index (κ2) is 6.18. The van der Waals surface area contributed by atoms with Crippen LogP contribution < -0.4 is 10.0 Å². The summed E-state index contributed by atoms with van der Waals surface area (Å²) in [5.74, 6) is 0.607. The van der Waals surface area contributed by atoms with E-state index in [1.54, 1.807) is 13.1 Å². The predicted octanol–water partition coefficient (Wildman–Crippen LogP) is 1.47. The van der Waals surface area contributed by atoms with E-state index >= 15 is 0 Å². The Labute approximate surface area is 103 Å². The lowest BCUT2D eigenvalue weighted by atomic mass is 10.2. The van der Waals surface area contributed by atoms with E-state index in [1.165, 1.54) is 6.07 Å². The lowest BCUT2D eigenvalue weighted by molar-refractivity contribution is 0.402. The van der Waals surface area contributed by atoms with Gasteiger partial charge in [0.05, 0.1) is 6.54 Å². The lowest BCUT2D eigenvalue weighted by Gasteiger charge is -2.11. The summed E-state index contributed by atoms with van der Waals surface area (Å²) in [4.78, 5) is 0. The van der Waals surface area contributed by atoms with Crippen LogP contribution in [0.15, 0.2) is 21.6 Å². The summed E-state index contributed by atoms with van der Waals surface area (Å²) in [6.45, 7) is 4.38. The maximum absolute atomic E-state index is 11.9. The molecule has 0 fully saturated rings. The van der Waals surface area contributed by atoms with Crippen molar-refractivity contribution >= 4 is 10.0 Å². The molecule has 6 heteroatoms. The largest absolute Gasteiger partial charge is 0.447 e. The van der Waals surface area contributed by atoms with Gasteiger partial charge in [-0.1, -0.05) is 13.3 Å². The first-order chi connectivity index (χ1) is 7.99. The normalized spacial score (nSPS) is 13.8. The van der Waals surface area contributed by atoms with E-state index < -0.39 is 10.0 Å². The van der Waals surface area contributed by atoms with Crippen molar-refractivity contribution in [2.24, 2.45) is 0 Å². The van der Waals surface area contributed by atoms with Crippen molar-refractivity contribution in [1.29, 1.82) is 0 Å². The molecule has 0 amide bonds. The fourth-order valence-electron chi connectivity index (χ4n) is 1.59. The highest BCUT2D eigenvalue weighted by molar-refractivity contribution is 7.89. The van der Waals surface area contributed by atoms with Crippen LogP contribution in [0.3, 0.4) is 0 Å². The average molecular weight is 260 g/mol. The van der Waals surface area contributed by atoms with Crippen LogP contribution in [0.5, 0.6) is 0 Å². The zero-order valence-corrected chi connectivity index (χ0v) is 11.3. The van der Waals surface area contributed by atoms with Crippen LogP contribution in [-0.2, 0) is 16.6 Å². The molecule has 0 saturated carbocycles. The van der Waals surface area contributed by atoms with Crippen LogP contribution in [-0.4, -0.2) is 21.5 Å². The maximum Gasteiger partial charge on any atom is 0.274 e. The third-order valence-electron chi connectivity index (χ3n) is 2.33. The quantitative estimate of drug-likeness (QED) is 0.778. The van der Waals surface area contributed by atoms with Gasteiger partial charge < -0.3 is 9.73 Å². The number of rotatable bonds is 7. The zero-order valence-electron chi connectivity index (χ0n) is 10.5. The fourth-order valence-corrected chi connectivity index (χ4v) is 2.81. The molecule has 1 unspecified atom stereocenters. The van der Waals surface area contributed by atoms with Crippen molar-refractivity contribution in [2.75, 3.05) is 7.05 Å². The molecule has 0 aliphatic rings. The molecule has 0 aromatic carbocycles. The first kappa shape index (κ1) is 14.2. The molecule has 5 nitrogen and oxygen atoms in total.